The molecule has 0 aromatic carbocycles. The second kappa shape index (κ2) is 8.77. The maximum absolute atomic E-state index is 12.4. The van der Waals surface area contributed by atoms with Crippen molar-refractivity contribution in [2.75, 3.05) is 23.3 Å². The molecule has 2 aromatic rings. The Morgan fingerprint density at radius 1 is 1.36 bits per heavy atom. The molecule has 2 heterocycles. The molecule has 0 amide bonds. The standard InChI is InChI=1S/C14H17F3N6O3S2/c1-6(2)3-23-9(18)8(10(25)20-12(23)26)7(24)4-27-13-22-21-11(28-13)19-5-14(15,16)17/h6H,3-5,18H2,1-2H3,(H,19,21)(H,20,25,26). The van der Waals surface area contributed by atoms with Gasteiger partial charge in [-0.3, -0.25) is 19.1 Å². The van der Waals surface area contributed by atoms with E-state index in [0.717, 1.165) is 27.7 Å². The van der Waals surface area contributed by atoms with Gasteiger partial charge >= 0.3 is 11.9 Å². The number of carbonyl (C=O) groups is 1. The van der Waals surface area contributed by atoms with Gasteiger partial charge in [-0.1, -0.05) is 36.9 Å². The van der Waals surface area contributed by atoms with Crippen molar-refractivity contribution in [3.05, 3.63) is 26.4 Å². The number of rotatable bonds is 8. The number of nitrogens with one attached hydrogen (secondary N) is 2. The smallest absolute Gasteiger partial charge is 0.384 e. The van der Waals surface area contributed by atoms with E-state index in [2.05, 4.69) is 20.5 Å². The van der Waals surface area contributed by atoms with E-state index in [4.69, 9.17) is 5.73 Å². The lowest BCUT2D eigenvalue weighted by Gasteiger charge is -2.13. The maximum atomic E-state index is 12.4. The Kier molecular flexibility index (Phi) is 6.87. The van der Waals surface area contributed by atoms with E-state index in [1.165, 1.54) is 0 Å². The summed E-state index contributed by atoms with van der Waals surface area (Å²) in [5.41, 5.74) is 3.92. The first-order chi connectivity index (χ1) is 13.0. The van der Waals surface area contributed by atoms with Crippen LogP contribution in [-0.4, -0.2) is 44.0 Å². The number of aromatic nitrogens is 4. The monoisotopic (exact) mass is 438 g/mol. The fourth-order valence-corrected chi connectivity index (χ4v) is 3.74. The summed E-state index contributed by atoms with van der Waals surface area (Å²) in [5, 5.41) is 9.26. The fraction of sp³-hybridized carbons (Fsp3) is 0.500. The minimum Gasteiger partial charge on any atom is -0.384 e. The molecule has 0 aliphatic carbocycles. The molecule has 0 spiro atoms. The highest BCUT2D eigenvalue weighted by molar-refractivity contribution is 8.01. The van der Waals surface area contributed by atoms with Crippen LogP contribution in [0.3, 0.4) is 0 Å². The number of alkyl halides is 3. The van der Waals surface area contributed by atoms with Crippen LogP contribution >= 0.6 is 23.1 Å². The first kappa shape index (κ1) is 21.9. The number of hydrogen-bond acceptors (Lipinski definition) is 9. The summed E-state index contributed by atoms with van der Waals surface area (Å²) < 4.78 is 37.9. The highest BCUT2D eigenvalue weighted by atomic mass is 32.2. The predicted molar refractivity (Wildman–Crippen MR) is 100 cm³/mol. The quantitative estimate of drug-likeness (QED) is 0.417. The second-order valence-corrected chi connectivity index (χ2v) is 8.28. The van der Waals surface area contributed by atoms with Crippen LogP contribution in [0.25, 0.3) is 0 Å². The first-order valence-electron chi connectivity index (χ1n) is 7.90. The number of nitrogen functional groups attached to an aromatic ring is 1. The Morgan fingerprint density at radius 2 is 2.04 bits per heavy atom. The number of halogens is 3. The number of hydrogen-bond donors (Lipinski definition) is 3. The van der Waals surface area contributed by atoms with Gasteiger partial charge in [0.25, 0.3) is 5.56 Å². The summed E-state index contributed by atoms with van der Waals surface area (Å²) in [6, 6.07) is 0. The van der Waals surface area contributed by atoms with Gasteiger partial charge in [-0.2, -0.15) is 13.2 Å². The zero-order valence-electron chi connectivity index (χ0n) is 14.8. The highest BCUT2D eigenvalue weighted by Gasteiger charge is 2.27. The molecule has 2 rings (SSSR count). The van der Waals surface area contributed by atoms with Gasteiger partial charge in [0.05, 0.1) is 5.75 Å². The van der Waals surface area contributed by atoms with E-state index in [1.54, 1.807) is 0 Å². The lowest BCUT2D eigenvalue weighted by Crippen LogP contribution is -2.37. The van der Waals surface area contributed by atoms with Gasteiger partial charge in [0.15, 0.2) is 10.1 Å². The average Bonchev–Trinajstić information content (AvgIpc) is 3.02. The largest absolute Gasteiger partial charge is 0.405 e. The third-order valence-corrected chi connectivity index (χ3v) is 5.25. The third-order valence-electron chi connectivity index (χ3n) is 3.24. The summed E-state index contributed by atoms with van der Waals surface area (Å²) in [5.74, 6) is -1.06. The molecule has 0 fully saturated rings. The fourth-order valence-electron chi connectivity index (χ4n) is 2.12. The van der Waals surface area contributed by atoms with Gasteiger partial charge in [0.2, 0.25) is 5.13 Å². The lowest BCUT2D eigenvalue weighted by molar-refractivity contribution is -0.115. The topological polar surface area (TPSA) is 136 Å². The molecule has 0 aliphatic heterocycles. The van der Waals surface area contributed by atoms with Crippen molar-refractivity contribution in [1.82, 2.24) is 19.7 Å². The number of anilines is 2. The Labute approximate surface area is 164 Å². The van der Waals surface area contributed by atoms with Gasteiger partial charge in [-0.15, -0.1) is 10.2 Å². The van der Waals surface area contributed by atoms with Crippen molar-refractivity contribution in [2.24, 2.45) is 5.92 Å². The Morgan fingerprint density at radius 3 is 2.64 bits per heavy atom. The minimum absolute atomic E-state index is 0.0462. The molecule has 2 aromatic heterocycles. The van der Waals surface area contributed by atoms with Crippen LogP contribution in [0.1, 0.15) is 24.2 Å². The van der Waals surface area contributed by atoms with E-state index in [0.29, 0.717) is 0 Å². The average molecular weight is 438 g/mol. The number of thioether (sulfide) groups is 1. The van der Waals surface area contributed by atoms with Gasteiger partial charge in [-0.05, 0) is 5.92 Å². The number of carbonyl (C=O) groups excluding carboxylic acids is 1. The number of H-pyrrole nitrogens is 1. The van der Waals surface area contributed by atoms with Crippen LogP contribution in [-0.2, 0) is 6.54 Å². The van der Waals surface area contributed by atoms with E-state index >= 15 is 0 Å². The van der Waals surface area contributed by atoms with Crippen molar-refractivity contribution >= 4 is 39.8 Å². The molecule has 0 aliphatic rings. The van der Waals surface area contributed by atoms with Crippen LogP contribution in [0.2, 0.25) is 0 Å². The van der Waals surface area contributed by atoms with Gasteiger partial charge in [0.1, 0.15) is 17.9 Å². The van der Waals surface area contributed by atoms with E-state index < -0.39 is 29.8 Å². The zero-order valence-corrected chi connectivity index (χ0v) is 16.4. The Bertz CT molecular complexity index is 966. The Balaban J connectivity index is 2.11. The number of Topliss-reactive ketones (excluding diaryl/α,β-unsaturated/α-hetero) is 1. The first-order valence-corrected chi connectivity index (χ1v) is 9.71. The summed E-state index contributed by atoms with van der Waals surface area (Å²) >= 11 is 1.74. The van der Waals surface area contributed by atoms with Crippen LogP contribution < -0.4 is 22.3 Å². The van der Waals surface area contributed by atoms with Crippen LogP contribution in [0.15, 0.2) is 13.9 Å². The molecule has 4 N–H and O–H groups in total. The van der Waals surface area contributed by atoms with E-state index in [-0.39, 0.29) is 39.1 Å². The predicted octanol–water partition coefficient (Wildman–Crippen LogP) is 1.58. The number of ketones is 1. The number of nitrogens with two attached hydrogens (primary N) is 1. The molecule has 0 unspecified atom stereocenters. The van der Waals surface area contributed by atoms with Crippen molar-refractivity contribution in [3.8, 4) is 0 Å². The van der Waals surface area contributed by atoms with Crippen molar-refractivity contribution in [1.29, 1.82) is 0 Å². The van der Waals surface area contributed by atoms with Crippen LogP contribution in [0, 0.1) is 5.92 Å². The van der Waals surface area contributed by atoms with Crippen LogP contribution in [0.5, 0.6) is 0 Å². The second-order valence-electron chi connectivity index (χ2n) is 6.08. The molecule has 0 saturated heterocycles. The van der Waals surface area contributed by atoms with Gasteiger partial charge in [0, 0.05) is 6.54 Å². The van der Waals surface area contributed by atoms with E-state index in [9.17, 15) is 27.6 Å². The minimum atomic E-state index is -4.40. The molecule has 0 atom stereocenters. The van der Waals surface area contributed by atoms with Crippen molar-refractivity contribution in [3.63, 3.8) is 0 Å². The lowest BCUT2D eigenvalue weighted by atomic mass is 10.2. The molecule has 0 bridgehead atoms. The summed E-state index contributed by atoms with van der Waals surface area (Å²) in [6.07, 6.45) is -4.40. The molecule has 154 valence electrons. The zero-order chi connectivity index (χ0) is 21.1. The summed E-state index contributed by atoms with van der Waals surface area (Å²) in [7, 11) is 0. The summed E-state index contributed by atoms with van der Waals surface area (Å²) in [6.45, 7) is 2.65. The van der Waals surface area contributed by atoms with E-state index in [1.807, 2.05) is 13.8 Å². The molecule has 0 saturated carbocycles. The SMILES string of the molecule is CC(C)Cn1c(N)c(C(=O)CSc2nnc(NCC(F)(F)F)s2)c(=O)[nH]c1=O. The normalized spacial score (nSPS) is 11.8. The highest BCUT2D eigenvalue weighted by Crippen LogP contribution is 2.27. The molecule has 28 heavy (non-hydrogen) atoms. The molecule has 9 nitrogen and oxygen atoms in total. The summed E-state index contributed by atoms with van der Waals surface area (Å²) in [4.78, 5) is 38.4. The molecule has 0 radical (unpaired) electrons. The van der Waals surface area contributed by atoms with Crippen LogP contribution in [0.4, 0.5) is 24.1 Å². The molecular formula is C14H17F3N6O3S2. The van der Waals surface area contributed by atoms with Crippen molar-refractivity contribution < 1.29 is 18.0 Å². The van der Waals surface area contributed by atoms with Gasteiger partial charge in [-0.25, -0.2) is 4.79 Å². The number of nitrogens with zero attached hydrogens (tertiary/aromatic N) is 3. The van der Waals surface area contributed by atoms with Crippen molar-refractivity contribution in [2.45, 2.75) is 30.9 Å². The Hall–Kier alpha value is -2.35. The number of aromatic amines is 1. The third kappa shape index (κ3) is 5.82. The molecule has 14 heteroatoms. The maximum Gasteiger partial charge on any atom is 0.405 e. The molecular weight excluding hydrogens is 421 g/mol. The van der Waals surface area contributed by atoms with Gasteiger partial charge < -0.3 is 11.1 Å².